The molecule has 2 aliphatic heterocycles. The van der Waals surface area contributed by atoms with Gasteiger partial charge in [0.05, 0.1) is 5.69 Å². The van der Waals surface area contributed by atoms with Gasteiger partial charge in [-0.25, -0.2) is 4.79 Å². The molecule has 0 atom stereocenters. The SMILES string of the molecule is O=C(O)N1CCc2cc3c(cc2C1)OCCN3. The number of nitrogens with one attached hydrogen (secondary N) is 1. The van der Waals surface area contributed by atoms with Crippen LogP contribution in [0.1, 0.15) is 11.1 Å². The zero-order valence-electron chi connectivity index (χ0n) is 9.40. The van der Waals surface area contributed by atoms with Gasteiger partial charge in [0.15, 0.2) is 0 Å². The van der Waals surface area contributed by atoms with E-state index in [4.69, 9.17) is 9.84 Å². The Morgan fingerprint density at radius 3 is 3.12 bits per heavy atom. The predicted octanol–water partition coefficient (Wildman–Crippen LogP) is 1.53. The molecule has 5 heteroatoms. The van der Waals surface area contributed by atoms with Crippen molar-refractivity contribution in [1.82, 2.24) is 4.90 Å². The lowest BCUT2D eigenvalue weighted by molar-refractivity contribution is 0.140. The van der Waals surface area contributed by atoms with Crippen molar-refractivity contribution >= 4 is 11.8 Å². The van der Waals surface area contributed by atoms with E-state index in [1.807, 2.05) is 6.07 Å². The third kappa shape index (κ3) is 1.77. The second-order valence-corrected chi connectivity index (χ2v) is 4.35. The van der Waals surface area contributed by atoms with E-state index < -0.39 is 6.09 Å². The van der Waals surface area contributed by atoms with Gasteiger partial charge in [0.1, 0.15) is 12.4 Å². The molecule has 0 saturated carbocycles. The number of hydrogen-bond acceptors (Lipinski definition) is 3. The Balaban J connectivity index is 1.94. The van der Waals surface area contributed by atoms with Crippen molar-refractivity contribution in [3.05, 3.63) is 23.3 Å². The average Bonchev–Trinajstić information content (AvgIpc) is 2.35. The molecule has 5 nitrogen and oxygen atoms in total. The highest BCUT2D eigenvalue weighted by molar-refractivity contribution is 5.67. The van der Waals surface area contributed by atoms with E-state index in [0.717, 1.165) is 30.0 Å². The second kappa shape index (κ2) is 3.84. The molecular weight excluding hydrogens is 220 g/mol. The fraction of sp³-hybridized carbons (Fsp3) is 0.417. The lowest BCUT2D eigenvalue weighted by atomic mass is 9.98. The summed E-state index contributed by atoms with van der Waals surface area (Å²) in [5.41, 5.74) is 3.30. The van der Waals surface area contributed by atoms with Crippen LogP contribution in [0.5, 0.6) is 5.75 Å². The standard InChI is InChI=1S/C12H14N2O3/c15-12(16)14-3-1-8-5-10-11(6-9(8)7-14)17-4-2-13-10/h5-6,13H,1-4,7H2,(H,15,16). The highest BCUT2D eigenvalue weighted by Crippen LogP contribution is 2.33. The predicted molar refractivity (Wildman–Crippen MR) is 62.6 cm³/mol. The average molecular weight is 234 g/mol. The molecule has 0 aromatic heterocycles. The van der Waals surface area contributed by atoms with E-state index in [1.165, 1.54) is 10.5 Å². The van der Waals surface area contributed by atoms with Crippen LogP contribution in [-0.2, 0) is 13.0 Å². The summed E-state index contributed by atoms with van der Waals surface area (Å²) >= 11 is 0. The quantitative estimate of drug-likeness (QED) is 0.714. The largest absolute Gasteiger partial charge is 0.490 e. The van der Waals surface area contributed by atoms with Crippen LogP contribution in [0.3, 0.4) is 0 Å². The smallest absolute Gasteiger partial charge is 0.407 e. The van der Waals surface area contributed by atoms with E-state index in [1.54, 1.807) is 0 Å². The van der Waals surface area contributed by atoms with Crippen LogP contribution in [0.2, 0.25) is 0 Å². The fourth-order valence-corrected chi connectivity index (χ4v) is 2.35. The van der Waals surface area contributed by atoms with Gasteiger partial charge in [-0.15, -0.1) is 0 Å². The summed E-state index contributed by atoms with van der Waals surface area (Å²) in [6.07, 6.45) is -0.0798. The molecular formula is C12H14N2O3. The van der Waals surface area contributed by atoms with E-state index in [-0.39, 0.29) is 0 Å². The summed E-state index contributed by atoms with van der Waals surface area (Å²) in [6.45, 7) is 2.52. The van der Waals surface area contributed by atoms with Gasteiger partial charge in [0, 0.05) is 19.6 Å². The van der Waals surface area contributed by atoms with Crippen LogP contribution in [0.4, 0.5) is 10.5 Å². The second-order valence-electron chi connectivity index (χ2n) is 4.35. The normalized spacial score (nSPS) is 17.5. The Kier molecular flexibility index (Phi) is 2.31. The maximum atomic E-state index is 10.9. The molecule has 0 bridgehead atoms. The first kappa shape index (κ1) is 10.3. The molecule has 1 aromatic carbocycles. The first-order valence-electron chi connectivity index (χ1n) is 5.74. The summed E-state index contributed by atoms with van der Waals surface area (Å²) in [4.78, 5) is 12.4. The summed E-state index contributed by atoms with van der Waals surface area (Å²) in [6, 6.07) is 4.05. The van der Waals surface area contributed by atoms with Crippen LogP contribution < -0.4 is 10.1 Å². The molecule has 1 amide bonds. The number of rotatable bonds is 0. The van der Waals surface area contributed by atoms with E-state index >= 15 is 0 Å². The number of fused-ring (bicyclic) bond motifs is 2. The van der Waals surface area contributed by atoms with Crippen molar-refractivity contribution in [2.75, 3.05) is 25.0 Å². The highest BCUT2D eigenvalue weighted by atomic mass is 16.5. The number of carbonyl (C=O) groups is 1. The summed E-state index contributed by atoms with van der Waals surface area (Å²) in [5, 5.41) is 12.3. The summed E-state index contributed by atoms with van der Waals surface area (Å²) in [7, 11) is 0. The first-order chi connectivity index (χ1) is 8.24. The van der Waals surface area contributed by atoms with Gasteiger partial charge in [-0.05, 0) is 29.7 Å². The fourth-order valence-electron chi connectivity index (χ4n) is 2.35. The van der Waals surface area contributed by atoms with Crippen LogP contribution in [0, 0.1) is 0 Å². The zero-order valence-corrected chi connectivity index (χ0v) is 9.40. The molecule has 2 N–H and O–H groups in total. The number of hydrogen-bond donors (Lipinski definition) is 2. The number of carboxylic acid groups (broad SMARTS) is 1. The monoisotopic (exact) mass is 234 g/mol. The molecule has 0 radical (unpaired) electrons. The summed E-state index contributed by atoms with van der Waals surface area (Å²) < 4.78 is 5.56. The van der Waals surface area contributed by atoms with Gasteiger partial charge in [-0.2, -0.15) is 0 Å². The van der Waals surface area contributed by atoms with Crippen molar-refractivity contribution in [3.8, 4) is 5.75 Å². The number of nitrogens with zero attached hydrogens (tertiary/aromatic N) is 1. The molecule has 0 fully saturated rings. The van der Waals surface area contributed by atoms with Crippen LogP contribution >= 0.6 is 0 Å². The zero-order chi connectivity index (χ0) is 11.8. The van der Waals surface area contributed by atoms with Crippen molar-refractivity contribution in [2.24, 2.45) is 0 Å². The molecule has 0 spiro atoms. The Bertz CT molecular complexity index is 473. The molecule has 0 aliphatic carbocycles. The molecule has 17 heavy (non-hydrogen) atoms. The number of benzene rings is 1. The van der Waals surface area contributed by atoms with Crippen LogP contribution in [-0.4, -0.2) is 35.8 Å². The van der Waals surface area contributed by atoms with Crippen molar-refractivity contribution in [3.63, 3.8) is 0 Å². The Morgan fingerprint density at radius 1 is 1.41 bits per heavy atom. The van der Waals surface area contributed by atoms with Crippen molar-refractivity contribution < 1.29 is 14.6 Å². The molecule has 90 valence electrons. The van der Waals surface area contributed by atoms with Crippen molar-refractivity contribution in [1.29, 1.82) is 0 Å². The number of anilines is 1. The van der Waals surface area contributed by atoms with Gasteiger partial charge >= 0.3 is 6.09 Å². The topological polar surface area (TPSA) is 61.8 Å². The Hall–Kier alpha value is -1.91. The van der Waals surface area contributed by atoms with Gasteiger partial charge in [-0.3, -0.25) is 0 Å². The molecule has 2 heterocycles. The maximum absolute atomic E-state index is 10.9. The van der Waals surface area contributed by atoms with Crippen molar-refractivity contribution in [2.45, 2.75) is 13.0 Å². The minimum absolute atomic E-state index is 0.460. The number of ether oxygens (including phenoxy) is 1. The molecule has 0 saturated heterocycles. The summed E-state index contributed by atoms with van der Waals surface area (Å²) in [5.74, 6) is 0.835. The van der Waals surface area contributed by atoms with Crippen LogP contribution in [0.15, 0.2) is 12.1 Å². The Morgan fingerprint density at radius 2 is 2.29 bits per heavy atom. The maximum Gasteiger partial charge on any atom is 0.407 e. The van der Waals surface area contributed by atoms with Gasteiger partial charge in [-0.1, -0.05) is 0 Å². The van der Waals surface area contributed by atoms with E-state index in [2.05, 4.69) is 11.4 Å². The molecule has 0 unspecified atom stereocenters. The molecule has 3 rings (SSSR count). The minimum Gasteiger partial charge on any atom is -0.490 e. The van der Waals surface area contributed by atoms with Crippen LogP contribution in [0.25, 0.3) is 0 Å². The molecule has 1 aromatic rings. The lowest BCUT2D eigenvalue weighted by Gasteiger charge is -2.29. The first-order valence-corrected chi connectivity index (χ1v) is 5.74. The molecule has 2 aliphatic rings. The number of amides is 1. The highest BCUT2D eigenvalue weighted by Gasteiger charge is 2.22. The Labute approximate surface area is 99.0 Å². The third-order valence-electron chi connectivity index (χ3n) is 3.26. The van der Waals surface area contributed by atoms with E-state index in [0.29, 0.717) is 19.7 Å². The third-order valence-corrected chi connectivity index (χ3v) is 3.26. The van der Waals surface area contributed by atoms with Gasteiger partial charge in [0.2, 0.25) is 0 Å². The minimum atomic E-state index is -0.854. The van der Waals surface area contributed by atoms with E-state index in [9.17, 15) is 4.79 Å². The van der Waals surface area contributed by atoms with Gasteiger partial charge < -0.3 is 20.1 Å². The van der Waals surface area contributed by atoms with Gasteiger partial charge in [0.25, 0.3) is 0 Å². The lowest BCUT2D eigenvalue weighted by Crippen LogP contribution is -2.35.